The molecule has 1 atom stereocenters. The van der Waals surface area contributed by atoms with E-state index < -0.39 is 17.7 Å². The van der Waals surface area contributed by atoms with Gasteiger partial charge in [-0.1, -0.05) is 0 Å². The molecule has 1 aliphatic rings. The lowest BCUT2D eigenvalue weighted by Crippen LogP contribution is -2.36. The number of aromatic nitrogens is 6. The van der Waals surface area contributed by atoms with Gasteiger partial charge in [0.15, 0.2) is 5.65 Å². The number of nitrogens with zero attached hydrogens (tertiary/aromatic N) is 7. The van der Waals surface area contributed by atoms with Gasteiger partial charge in [0.2, 0.25) is 5.95 Å². The number of anilines is 4. The van der Waals surface area contributed by atoms with E-state index in [1.807, 2.05) is 29.9 Å². The van der Waals surface area contributed by atoms with Crippen molar-refractivity contribution >= 4 is 34.4 Å². The molecule has 0 saturated carbocycles. The number of nitrogens with one attached hydrogen (secondary N) is 2. The van der Waals surface area contributed by atoms with Gasteiger partial charge in [-0.2, -0.15) is 9.97 Å². The summed E-state index contributed by atoms with van der Waals surface area (Å²) in [4.78, 5) is 24.2. The molecule has 0 aliphatic carbocycles. The number of imidazole rings is 1. The van der Waals surface area contributed by atoms with E-state index in [9.17, 15) is 8.78 Å². The van der Waals surface area contributed by atoms with Crippen LogP contribution in [0.5, 0.6) is 0 Å². The summed E-state index contributed by atoms with van der Waals surface area (Å²) in [5, 5.41) is 6.96. The number of ether oxygens (including phenoxy) is 1. The number of rotatable bonds is 6. The summed E-state index contributed by atoms with van der Waals surface area (Å²) in [5.41, 5.74) is 0.513. The van der Waals surface area contributed by atoms with Crippen molar-refractivity contribution < 1.29 is 13.5 Å². The zero-order valence-corrected chi connectivity index (χ0v) is 18.7. The first-order chi connectivity index (χ1) is 16.5. The third kappa shape index (κ3) is 4.57. The van der Waals surface area contributed by atoms with Gasteiger partial charge < -0.3 is 24.8 Å². The Bertz CT molecular complexity index is 1320. The third-order valence-corrected chi connectivity index (χ3v) is 5.42. The first kappa shape index (κ1) is 21.9. The van der Waals surface area contributed by atoms with Crippen LogP contribution in [0.25, 0.3) is 11.0 Å². The highest BCUT2D eigenvalue weighted by Crippen LogP contribution is 2.28. The summed E-state index contributed by atoms with van der Waals surface area (Å²) in [5.74, 6) is 0.605. The summed E-state index contributed by atoms with van der Waals surface area (Å²) in [6.07, 6.45) is 4.46. The monoisotopic (exact) mass is 467 g/mol. The summed E-state index contributed by atoms with van der Waals surface area (Å²) in [7, 11) is 1.87. The van der Waals surface area contributed by atoms with Crippen molar-refractivity contribution in [2.75, 3.05) is 41.8 Å². The number of fused-ring (bicyclic) bond motifs is 1. The van der Waals surface area contributed by atoms with Crippen molar-refractivity contribution in [1.82, 2.24) is 29.5 Å². The molecule has 4 aromatic rings. The van der Waals surface area contributed by atoms with Crippen molar-refractivity contribution in [2.45, 2.75) is 13.0 Å². The molecule has 1 aliphatic heterocycles. The van der Waals surface area contributed by atoms with E-state index in [0.717, 1.165) is 31.2 Å². The molecule has 34 heavy (non-hydrogen) atoms. The summed E-state index contributed by atoms with van der Waals surface area (Å²) >= 11 is 0. The Morgan fingerprint density at radius 1 is 1.09 bits per heavy atom. The Labute approximate surface area is 194 Å². The summed E-state index contributed by atoms with van der Waals surface area (Å²) in [6, 6.07) is 4.01. The van der Waals surface area contributed by atoms with E-state index in [0.29, 0.717) is 35.9 Å². The van der Waals surface area contributed by atoms with Crippen molar-refractivity contribution in [3.8, 4) is 0 Å². The van der Waals surface area contributed by atoms with Crippen molar-refractivity contribution in [3.63, 3.8) is 0 Å². The standard InChI is InChI=1S/C22H23F2N9O/c1-13(19-16(24)9-14(23)10-25-19)27-22-30-20(28-17-11-32(2)12-26-17)15-3-4-18(29-21(15)31-22)33-5-7-34-8-6-33/h3-4,9-13H,5-8H2,1-2H3,(H2,27,28,29,30,31). The highest BCUT2D eigenvalue weighted by atomic mass is 19.1. The Kier molecular flexibility index (Phi) is 5.88. The molecule has 0 amide bonds. The molecular weight excluding hydrogens is 444 g/mol. The van der Waals surface area contributed by atoms with Crippen LogP contribution in [0.4, 0.5) is 32.2 Å². The van der Waals surface area contributed by atoms with Crippen molar-refractivity contribution in [3.05, 3.63) is 54.2 Å². The third-order valence-electron chi connectivity index (χ3n) is 5.42. The van der Waals surface area contributed by atoms with Crippen LogP contribution < -0.4 is 15.5 Å². The lowest BCUT2D eigenvalue weighted by Gasteiger charge is -2.27. The molecule has 5 heterocycles. The van der Waals surface area contributed by atoms with E-state index in [4.69, 9.17) is 9.72 Å². The maximum absolute atomic E-state index is 14.3. The van der Waals surface area contributed by atoms with E-state index in [-0.39, 0.29) is 11.6 Å². The SMILES string of the molecule is CC(Nc1nc(Nc2cn(C)cn2)c2ccc(N3CCOCC3)nc2n1)c1ncc(F)cc1F. The first-order valence-electron chi connectivity index (χ1n) is 10.8. The van der Waals surface area contributed by atoms with Crippen LogP contribution in [0.1, 0.15) is 18.7 Å². The summed E-state index contributed by atoms with van der Waals surface area (Å²) < 4.78 is 34.8. The van der Waals surface area contributed by atoms with Crippen LogP contribution in [0.3, 0.4) is 0 Å². The molecule has 1 unspecified atom stereocenters. The maximum atomic E-state index is 14.3. The molecule has 4 aromatic heterocycles. The predicted octanol–water partition coefficient (Wildman–Crippen LogP) is 3.18. The number of hydrogen-bond acceptors (Lipinski definition) is 9. The molecule has 10 nitrogen and oxygen atoms in total. The Balaban J connectivity index is 1.52. The van der Waals surface area contributed by atoms with Gasteiger partial charge in [0.1, 0.15) is 29.1 Å². The molecule has 1 fully saturated rings. The Morgan fingerprint density at radius 2 is 1.91 bits per heavy atom. The number of aryl methyl sites for hydroxylation is 1. The molecule has 176 valence electrons. The van der Waals surface area contributed by atoms with Gasteiger partial charge in [0, 0.05) is 32.4 Å². The van der Waals surface area contributed by atoms with Crippen LogP contribution in [-0.2, 0) is 11.8 Å². The van der Waals surface area contributed by atoms with Crippen LogP contribution in [0.15, 0.2) is 36.9 Å². The molecule has 0 bridgehead atoms. The van der Waals surface area contributed by atoms with Gasteiger partial charge in [-0.3, -0.25) is 4.98 Å². The fourth-order valence-corrected chi connectivity index (χ4v) is 3.73. The highest BCUT2D eigenvalue weighted by molar-refractivity contribution is 5.90. The number of morpholine rings is 1. The van der Waals surface area contributed by atoms with Crippen LogP contribution in [0, 0.1) is 11.6 Å². The molecule has 0 spiro atoms. The molecule has 1 saturated heterocycles. The highest BCUT2D eigenvalue weighted by Gasteiger charge is 2.19. The van der Waals surface area contributed by atoms with Crippen molar-refractivity contribution in [2.24, 2.45) is 7.05 Å². The fraction of sp³-hybridized carbons (Fsp3) is 0.318. The van der Waals surface area contributed by atoms with E-state index in [1.165, 1.54) is 0 Å². The molecule has 12 heteroatoms. The van der Waals surface area contributed by atoms with E-state index >= 15 is 0 Å². The van der Waals surface area contributed by atoms with Gasteiger partial charge >= 0.3 is 0 Å². The topological polar surface area (TPSA) is 106 Å². The lowest BCUT2D eigenvalue weighted by molar-refractivity contribution is 0.122. The minimum absolute atomic E-state index is 0.0550. The van der Waals surface area contributed by atoms with Crippen LogP contribution in [-0.4, -0.2) is 55.8 Å². The first-order valence-corrected chi connectivity index (χ1v) is 10.8. The smallest absolute Gasteiger partial charge is 0.227 e. The average molecular weight is 467 g/mol. The van der Waals surface area contributed by atoms with Gasteiger partial charge in [0.25, 0.3) is 0 Å². The minimum atomic E-state index is -0.750. The summed E-state index contributed by atoms with van der Waals surface area (Å²) in [6.45, 7) is 4.44. The Morgan fingerprint density at radius 3 is 2.65 bits per heavy atom. The zero-order valence-electron chi connectivity index (χ0n) is 18.7. The van der Waals surface area contributed by atoms with Gasteiger partial charge in [-0.15, -0.1) is 0 Å². The molecule has 5 rings (SSSR count). The van der Waals surface area contributed by atoms with Gasteiger partial charge in [0.05, 0.1) is 42.9 Å². The molecule has 0 aromatic carbocycles. The maximum Gasteiger partial charge on any atom is 0.227 e. The van der Waals surface area contributed by atoms with Gasteiger partial charge in [-0.05, 0) is 19.1 Å². The number of halogens is 2. The lowest BCUT2D eigenvalue weighted by atomic mass is 10.2. The second kappa shape index (κ2) is 9.14. The van der Waals surface area contributed by atoms with E-state index in [1.54, 1.807) is 13.3 Å². The second-order valence-electron chi connectivity index (χ2n) is 7.97. The molecular formula is C22H23F2N9O. The predicted molar refractivity (Wildman–Crippen MR) is 123 cm³/mol. The van der Waals surface area contributed by atoms with Crippen LogP contribution >= 0.6 is 0 Å². The zero-order chi connectivity index (χ0) is 23.7. The molecule has 0 radical (unpaired) electrons. The van der Waals surface area contributed by atoms with Gasteiger partial charge in [-0.25, -0.2) is 18.7 Å². The quantitative estimate of drug-likeness (QED) is 0.442. The average Bonchev–Trinajstić information content (AvgIpc) is 3.23. The second-order valence-corrected chi connectivity index (χ2v) is 7.97. The Hall–Kier alpha value is -3.93. The number of hydrogen-bond donors (Lipinski definition) is 2. The number of pyridine rings is 2. The fourth-order valence-electron chi connectivity index (χ4n) is 3.73. The largest absolute Gasteiger partial charge is 0.378 e. The minimum Gasteiger partial charge on any atom is -0.378 e. The normalized spacial score (nSPS) is 14.9. The molecule has 2 N–H and O–H groups in total. The van der Waals surface area contributed by atoms with Crippen molar-refractivity contribution in [1.29, 1.82) is 0 Å². The van der Waals surface area contributed by atoms with E-state index in [2.05, 4.69) is 35.5 Å². The van der Waals surface area contributed by atoms with Crippen LogP contribution in [0.2, 0.25) is 0 Å².